The van der Waals surface area contributed by atoms with Crippen LogP contribution in [-0.4, -0.2) is 37.2 Å². The number of unbranched alkanes of at least 4 members (excludes halogenated alkanes) is 24. The number of hydrogen-bond acceptors (Lipinski definition) is 6. The van der Waals surface area contributed by atoms with Crippen LogP contribution in [0.5, 0.6) is 0 Å². The lowest BCUT2D eigenvalue weighted by atomic mass is 10.0. The second-order valence-electron chi connectivity index (χ2n) is 14.7. The Hall–Kier alpha value is -1.59. The van der Waals surface area contributed by atoms with Gasteiger partial charge in [-0.3, -0.25) is 14.4 Å². The SMILES string of the molecule is CCCCCCCCCCCCCCCC(=O)OC[C@@H](COC(=O)CCCCCCCCC)OC(=O)CCCCCCCCCC(C)C. The number of esters is 3. The maximum absolute atomic E-state index is 12.6. The fraction of sp³-hybridized carbons (Fsp3) is 0.929. The Bertz CT molecular complexity index is 721. The van der Waals surface area contributed by atoms with E-state index in [9.17, 15) is 14.4 Å². The summed E-state index contributed by atoms with van der Waals surface area (Å²) in [5.74, 6) is -0.0909. The third-order valence-corrected chi connectivity index (χ3v) is 9.29. The van der Waals surface area contributed by atoms with Crippen LogP contribution in [-0.2, 0) is 28.6 Å². The van der Waals surface area contributed by atoms with Crippen molar-refractivity contribution in [1.29, 1.82) is 0 Å². The van der Waals surface area contributed by atoms with E-state index in [2.05, 4.69) is 27.7 Å². The molecule has 0 aliphatic rings. The molecular weight excluding hydrogens is 600 g/mol. The molecule has 0 fully saturated rings. The quantitative estimate of drug-likeness (QED) is 0.0369. The highest BCUT2D eigenvalue weighted by molar-refractivity contribution is 5.71. The number of ether oxygens (including phenoxy) is 3. The van der Waals surface area contributed by atoms with Crippen LogP contribution < -0.4 is 0 Å². The summed E-state index contributed by atoms with van der Waals surface area (Å²) in [4.78, 5) is 37.4. The molecule has 0 bridgehead atoms. The fourth-order valence-electron chi connectivity index (χ4n) is 6.10. The van der Waals surface area contributed by atoms with E-state index in [1.165, 1.54) is 122 Å². The average molecular weight is 681 g/mol. The predicted molar refractivity (Wildman–Crippen MR) is 201 cm³/mol. The van der Waals surface area contributed by atoms with Gasteiger partial charge in [0.1, 0.15) is 13.2 Å². The lowest BCUT2D eigenvalue weighted by Crippen LogP contribution is -2.30. The molecule has 0 aliphatic heterocycles. The van der Waals surface area contributed by atoms with Gasteiger partial charge in [0.05, 0.1) is 0 Å². The smallest absolute Gasteiger partial charge is 0.306 e. The van der Waals surface area contributed by atoms with Gasteiger partial charge in [-0.2, -0.15) is 0 Å². The predicted octanol–water partition coefficient (Wildman–Crippen LogP) is 12.8. The van der Waals surface area contributed by atoms with E-state index in [4.69, 9.17) is 14.2 Å². The van der Waals surface area contributed by atoms with Gasteiger partial charge >= 0.3 is 17.9 Å². The van der Waals surface area contributed by atoms with Crippen LogP contribution in [0, 0.1) is 5.92 Å². The molecule has 1 atom stereocenters. The normalized spacial score (nSPS) is 11.9. The summed E-state index contributed by atoms with van der Waals surface area (Å²) in [6.45, 7) is 8.89. The molecule has 0 saturated carbocycles. The van der Waals surface area contributed by atoms with Gasteiger partial charge in [-0.15, -0.1) is 0 Å². The third kappa shape index (κ3) is 35.7. The van der Waals surface area contributed by atoms with Crippen LogP contribution >= 0.6 is 0 Å². The van der Waals surface area contributed by atoms with E-state index < -0.39 is 6.10 Å². The fourth-order valence-corrected chi connectivity index (χ4v) is 6.10. The van der Waals surface area contributed by atoms with Crippen molar-refractivity contribution in [2.45, 2.75) is 233 Å². The molecule has 6 nitrogen and oxygen atoms in total. The molecule has 0 N–H and O–H groups in total. The third-order valence-electron chi connectivity index (χ3n) is 9.29. The zero-order valence-corrected chi connectivity index (χ0v) is 32.4. The van der Waals surface area contributed by atoms with Crippen LogP contribution in [0.15, 0.2) is 0 Å². The minimum atomic E-state index is -0.757. The molecule has 6 heteroatoms. The van der Waals surface area contributed by atoms with Gasteiger partial charge < -0.3 is 14.2 Å². The molecule has 0 radical (unpaired) electrons. The number of carbonyl (C=O) groups excluding carboxylic acids is 3. The Morgan fingerprint density at radius 3 is 1.02 bits per heavy atom. The molecule has 0 aromatic rings. The summed E-state index contributed by atoms with van der Waals surface area (Å²) in [6, 6.07) is 0. The van der Waals surface area contributed by atoms with E-state index in [1.54, 1.807) is 0 Å². The summed E-state index contributed by atoms with van der Waals surface area (Å²) in [7, 11) is 0. The first-order chi connectivity index (χ1) is 23.4. The van der Waals surface area contributed by atoms with Gasteiger partial charge in [0.25, 0.3) is 0 Å². The first-order valence-corrected chi connectivity index (χ1v) is 20.9. The molecule has 0 aromatic carbocycles. The second kappa shape index (κ2) is 36.7. The molecule has 0 unspecified atom stereocenters. The first kappa shape index (κ1) is 46.4. The molecule has 0 aliphatic carbocycles. The number of rotatable bonds is 37. The molecule has 0 heterocycles. The first-order valence-electron chi connectivity index (χ1n) is 20.9. The minimum Gasteiger partial charge on any atom is -0.462 e. The Kier molecular flexibility index (Phi) is 35.5. The van der Waals surface area contributed by atoms with Crippen LogP contribution in [0.4, 0.5) is 0 Å². The number of hydrogen-bond donors (Lipinski definition) is 0. The zero-order chi connectivity index (χ0) is 35.3. The van der Waals surface area contributed by atoms with Gasteiger partial charge in [0, 0.05) is 19.3 Å². The topological polar surface area (TPSA) is 78.9 Å². The van der Waals surface area contributed by atoms with Crippen molar-refractivity contribution in [3.63, 3.8) is 0 Å². The average Bonchev–Trinajstić information content (AvgIpc) is 3.06. The van der Waals surface area contributed by atoms with Crippen molar-refractivity contribution in [1.82, 2.24) is 0 Å². The summed E-state index contributed by atoms with van der Waals surface area (Å²) >= 11 is 0. The van der Waals surface area contributed by atoms with Gasteiger partial charge in [-0.25, -0.2) is 0 Å². The number of carbonyl (C=O) groups is 3. The second-order valence-corrected chi connectivity index (χ2v) is 14.7. The maximum Gasteiger partial charge on any atom is 0.306 e. The Balaban J connectivity index is 4.29. The van der Waals surface area contributed by atoms with Crippen molar-refractivity contribution < 1.29 is 28.6 Å². The van der Waals surface area contributed by atoms with Gasteiger partial charge in [-0.1, -0.05) is 188 Å². The standard InChI is InChI=1S/C42H80O6/c1-5-7-9-11-13-14-15-16-17-18-22-26-30-34-41(44)47-37-39(36-46-40(43)33-29-25-20-12-10-8-6-2)48-42(45)35-31-27-23-19-21-24-28-32-38(3)4/h38-39H,5-37H2,1-4H3/t39-/m1/s1. The van der Waals surface area contributed by atoms with Crippen LogP contribution in [0.1, 0.15) is 227 Å². The van der Waals surface area contributed by atoms with Gasteiger partial charge in [0.15, 0.2) is 6.10 Å². The van der Waals surface area contributed by atoms with Gasteiger partial charge in [0.2, 0.25) is 0 Å². The van der Waals surface area contributed by atoms with Crippen LogP contribution in [0.25, 0.3) is 0 Å². The van der Waals surface area contributed by atoms with Crippen molar-refractivity contribution >= 4 is 17.9 Å². The monoisotopic (exact) mass is 681 g/mol. The molecule has 0 aromatic heterocycles. The highest BCUT2D eigenvalue weighted by Gasteiger charge is 2.19. The van der Waals surface area contributed by atoms with Crippen molar-refractivity contribution in [3.05, 3.63) is 0 Å². The molecule has 0 rings (SSSR count). The summed E-state index contributed by atoms with van der Waals surface area (Å²) in [5.41, 5.74) is 0. The van der Waals surface area contributed by atoms with E-state index in [-0.39, 0.29) is 31.1 Å². The molecule has 0 amide bonds. The highest BCUT2D eigenvalue weighted by atomic mass is 16.6. The summed E-state index contributed by atoms with van der Waals surface area (Å²) < 4.78 is 16.6. The maximum atomic E-state index is 12.6. The van der Waals surface area contributed by atoms with Crippen LogP contribution in [0.3, 0.4) is 0 Å². The molecule has 0 spiro atoms. The van der Waals surface area contributed by atoms with Crippen molar-refractivity contribution in [2.75, 3.05) is 13.2 Å². The van der Waals surface area contributed by atoms with Gasteiger partial charge in [-0.05, 0) is 25.2 Å². The van der Waals surface area contributed by atoms with Crippen molar-refractivity contribution in [3.8, 4) is 0 Å². The Morgan fingerprint density at radius 2 is 0.688 bits per heavy atom. The molecule has 48 heavy (non-hydrogen) atoms. The lowest BCUT2D eigenvalue weighted by Gasteiger charge is -2.18. The summed E-state index contributed by atoms with van der Waals surface area (Å²) in [6.07, 6.45) is 33.9. The van der Waals surface area contributed by atoms with Crippen LogP contribution in [0.2, 0.25) is 0 Å². The van der Waals surface area contributed by atoms with E-state index >= 15 is 0 Å². The largest absolute Gasteiger partial charge is 0.462 e. The van der Waals surface area contributed by atoms with E-state index in [1.807, 2.05) is 0 Å². The lowest BCUT2D eigenvalue weighted by molar-refractivity contribution is -0.167. The van der Waals surface area contributed by atoms with Crippen molar-refractivity contribution in [2.24, 2.45) is 5.92 Å². The molecular formula is C42H80O6. The Labute approximate surface area is 298 Å². The molecule has 284 valence electrons. The zero-order valence-electron chi connectivity index (χ0n) is 32.4. The van der Waals surface area contributed by atoms with E-state index in [0.29, 0.717) is 19.3 Å². The minimum absolute atomic E-state index is 0.0654. The highest BCUT2D eigenvalue weighted by Crippen LogP contribution is 2.15. The molecule has 0 saturated heterocycles. The summed E-state index contributed by atoms with van der Waals surface area (Å²) in [5, 5.41) is 0. The Morgan fingerprint density at radius 1 is 0.396 bits per heavy atom. The van der Waals surface area contributed by atoms with E-state index in [0.717, 1.165) is 63.7 Å².